The molecule has 7 nitrogen and oxygen atoms in total. The Kier molecular flexibility index (Phi) is 6.15. The van der Waals surface area contributed by atoms with Crippen molar-refractivity contribution in [3.8, 4) is 0 Å². The molecule has 0 radical (unpaired) electrons. The molecule has 0 atom stereocenters. The smallest absolute Gasteiger partial charge is 0.354 e. The lowest BCUT2D eigenvalue weighted by molar-refractivity contribution is -0.120. The van der Waals surface area contributed by atoms with Gasteiger partial charge in [0.05, 0.1) is 5.56 Å². The van der Waals surface area contributed by atoms with Gasteiger partial charge in [0.1, 0.15) is 5.69 Å². The molecule has 3 N–H and O–H groups in total. The molecule has 1 rings (SSSR count). The largest absolute Gasteiger partial charge is 0.477 e. The Balaban J connectivity index is 2.39. The number of carboxylic acid groups (broad SMARTS) is 1. The molecular formula is C13H17N3O4. The first-order valence-electron chi connectivity index (χ1n) is 6.28. The van der Waals surface area contributed by atoms with Gasteiger partial charge in [-0.15, -0.1) is 0 Å². The van der Waals surface area contributed by atoms with Gasteiger partial charge in [-0.3, -0.25) is 9.59 Å². The van der Waals surface area contributed by atoms with Crippen LogP contribution in [0.1, 0.15) is 40.6 Å². The average Bonchev–Trinajstić information content (AvgIpc) is 2.45. The summed E-state index contributed by atoms with van der Waals surface area (Å²) in [6.07, 6.45) is 2.25. The van der Waals surface area contributed by atoms with Gasteiger partial charge in [0.2, 0.25) is 5.91 Å². The van der Waals surface area contributed by atoms with Crippen molar-refractivity contribution >= 4 is 17.8 Å². The quantitative estimate of drug-likeness (QED) is 0.670. The zero-order chi connectivity index (χ0) is 15.0. The van der Waals surface area contributed by atoms with E-state index in [9.17, 15) is 14.4 Å². The van der Waals surface area contributed by atoms with E-state index in [1.165, 1.54) is 18.3 Å². The third-order valence-electron chi connectivity index (χ3n) is 2.45. The van der Waals surface area contributed by atoms with Crippen LogP contribution in [-0.2, 0) is 4.79 Å². The molecule has 0 fully saturated rings. The van der Waals surface area contributed by atoms with E-state index in [0.29, 0.717) is 6.54 Å². The van der Waals surface area contributed by atoms with Gasteiger partial charge in [-0.05, 0) is 18.6 Å². The van der Waals surface area contributed by atoms with Crippen LogP contribution in [0.3, 0.4) is 0 Å². The molecule has 1 aromatic rings. The fourth-order valence-electron chi connectivity index (χ4n) is 1.40. The number of carbonyl (C=O) groups excluding carboxylic acids is 2. The van der Waals surface area contributed by atoms with E-state index in [-0.39, 0.29) is 30.1 Å². The van der Waals surface area contributed by atoms with Crippen LogP contribution in [-0.4, -0.2) is 41.0 Å². The molecule has 0 aliphatic carbocycles. The molecule has 2 amide bonds. The third kappa shape index (κ3) is 5.05. The number of carboxylic acids is 1. The molecule has 20 heavy (non-hydrogen) atoms. The molecule has 1 heterocycles. The van der Waals surface area contributed by atoms with E-state index < -0.39 is 11.9 Å². The van der Waals surface area contributed by atoms with E-state index >= 15 is 0 Å². The van der Waals surface area contributed by atoms with Crippen molar-refractivity contribution in [1.82, 2.24) is 15.6 Å². The lowest BCUT2D eigenvalue weighted by Gasteiger charge is -2.06. The highest BCUT2D eigenvalue weighted by Crippen LogP contribution is 2.00. The first kappa shape index (κ1) is 15.6. The number of hydrogen-bond donors (Lipinski definition) is 3. The highest BCUT2D eigenvalue weighted by atomic mass is 16.4. The number of nitrogens with one attached hydrogen (secondary N) is 2. The summed E-state index contributed by atoms with van der Waals surface area (Å²) in [4.78, 5) is 37.2. The second-order valence-corrected chi connectivity index (χ2v) is 4.09. The summed E-state index contributed by atoms with van der Waals surface area (Å²) in [5, 5.41) is 13.9. The highest BCUT2D eigenvalue weighted by Gasteiger charge is 2.09. The van der Waals surface area contributed by atoms with Gasteiger partial charge in [-0.25, -0.2) is 9.78 Å². The first-order valence-corrected chi connectivity index (χ1v) is 6.28. The van der Waals surface area contributed by atoms with Gasteiger partial charge in [0, 0.05) is 25.7 Å². The van der Waals surface area contributed by atoms with E-state index in [1.54, 1.807) is 0 Å². The Hall–Kier alpha value is -2.44. The van der Waals surface area contributed by atoms with Crippen LogP contribution in [0.2, 0.25) is 0 Å². The van der Waals surface area contributed by atoms with Crippen LogP contribution < -0.4 is 10.6 Å². The third-order valence-corrected chi connectivity index (χ3v) is 2.45. The SMILES string of the molecule is CCCNC(=O)CCNC(=O)c1ccc(C(=O)O)nc1. The topological polar surface area (TPSA) is 108 Å². The van der Waals surface area contributed by atoms with E-state index in [4.69, 9.17) is 5.11 Å². The van der Waals surface area contributed by atoms with Crippen LogP contribution >= 0.6 is 0 Å². The fourth-order valence-corrected chi connectivity index (χ4v) is 1.40. The van der Waals surface area contributed by atoms with Gasteiger partial charge in [-0.2, -0.15) is 0 Å². The Morgan fingerprint density at radius 2 is 1.95 bits per heavy atom. The number of amides is 2. The normalized spacial score (nSPS) is 9.85. The average molecular weight is 279 g/mol. The van der Waals surface area contributed by atoms with Gasteiger partial charge < -0.3 is 15.7 Å². The van der Waals surface area contributed by atoms with Gasteiger partial charge in [0.15, 0.2) is 0 Å². The fraction of sp³-hybridized carbons (Fsp3) is 0.385. The maximum atomic E-state index is 11.7. The summed E-state index contributed by atoms with van der Waals surface area (Å²) < 4.78 is 0. The van der Waals surface area contributed by atoms with E-state index in [2.05, 4.69) is 15.6 Å². The maximum Gasteiger partial charge on any atom is 0.354 e. The van der Waals surface area contributed by atoms with Crippen molar-refractivity contribution in [2.75, 3.05) is 13.1 Å². The van der Waals surface area contributed by atoms with Crippen molar-refractivity contribution in [3.63, 3.8) is 0 Å². The van der Waals surface area contributed by atoms with Crippen LogP contribution in [0.15, 0.2) is 18.3 Å². The van der Waals surface area contributed by atoms with Crippen LogP contribution in [0.4, 0.5) is 0 Å². The molecule has 0 spiro atoms. The molecular weight excluding hydrogens is 262 g/mol. The Labute approximate surface area is 116 Å². The molecule has 0 aliphatic rings. The van der Waals surface area contributed by atoms with Crippen molar-refractivity contribution < 1.29 is 19.5 Å². The number of aromatic carboxylic acids is 1. The molecule has 7 heteroatoms. The summed E-state index contributed by atoms with van der Waals surface area (Å²) in [6, 6.07) is 2.63. The minimum atomic E-state index is -1.15. The van der Waals surface area contributed by atoms with Crippen molar-refractivity contribution in [2.24, 2.45) is 0 Å². The van der Waals surface area contributed by atoms with Crippen LogP contribution in [0, 0.1) is 0 Å². The summed E-state index contributed by atoms with van der Waals surface area (Å²) in [7, 11) is 0. The predicted octanol–water partition coefficient (Wildman–Crippen LogP) is 0.426. The zero-order valence-corrected chi connectivity index (χ0v) is 11.2. The standard InChI is InChI=1S/C13H17N3O4/c1-2-6-14-11(17)5-7-15-12(18)9-3-4-10(13(19)20)16-8-9/h3-4,8H,2,5-7H2,1H3,(H,14,17)(H,15,18)(H,19,20). The summed E-state index contributed by atoms with van der Waals surface area (Å²) >= 11 is 0. The number of nitrogens with zero attached hydrogens (tertiary/aromatic N) is 1. The number of rotatable bonds is 7. The highest BCUT2D eigenvalue weighted by molar-refractivity contribution is 5.95. The summed E-state index contributed by atoms with van der Waals surface area (Å²) in [6.45, 7) is 2.79. The molecule has 0 unspecified atom stereocenters. The second kappa shape index (κ2) is 7.88. The number of hydrogen-bond acceptors (Lipinski definition) is 4. The van der Waals surface area contributed by atoms with Crippen LogP contribution in [0.5, 0.6) is 0 Å². The number of aromatic nitrogens is 1. The number of carbonyl (C=O) groups is 3. The molecule has 0 bridgehead atoms. The number of pyridine rings is 1. The first-order chi connectivity index (χ1) is 9.54. The van der Waals surface area contributed by atoms with Crippen LogP contribution in [0.25, 0.3) is 0 Å². The van der Waals surface area contributed by atoms with Crippen molar-refractivity contribution in [3.05, 3.63) is 29.6 Å². The maximum absolute atomic E-state index is 11.7. The Morgan fingerprint density at radius 1 is 1.20 bits per heavy atom. The Morgan fingerprint density at radius 3 is 2.50 bits per heavy atom. The Bertz CT molecular complexity index is 485. The lowest BCUT2D eigenvalue weighted by atomic mass is 10.2. The second-order valence-electron chi connectivity index (χ2n) is 4.09. The zero-order valence-electron chi connectivity index (χ0n) is 11.2. The van der Waals surface area contributed by atoms with Gasteiger partial charge >= 0.3 is 5.97 Å². The summed E-state index contributed by atoms with van der Waals surface area (Å²) in [5.74, 6) is -1.66. The van der Waals surface area contributed by atoms with Crippen molar-refractivity contribution in [2.45, 2.75) is 19.8 Å². The molecule has 0 saturated carbocycles. The van der Waals surface area contributed by atoms with E-state index in [0.717, 1.165) is 6.42 Å². The minimum absolute atomic E-state index is 0.119. The van der Waals surface area contributed by atoms with Gasteiger partial charge in [-0.1, -0.05) is 6.92 Å². The molecule has 108 valence electrons. The van der Waals surface area contributed by atoms with Gasteiger partial charge in [0.25, 0.3) is 5.91 Å². The molecule has 0 saturated heterocycles. The molecule has 0 aliphatic heterocycles. The summed E-state index contributed by atoms with van der Waals surface area (Å²) in [5.41, 5.74) is 0.129. The molecule has 0 aromatic carbocycles. The van der Waals surface area contributed by atoms with E-state index in [1.807, 2.05) is 6.92 Å². The van der Waals surface area contributed by atoms with Crippen molar-refractivity contribution in [1.29, 1.82) is 0 Å². The molecule has 1 aromatic heterocycles. The monoisotopic (exact) mass is 279 g/mol. The minimum Gasteiger partial charge on any atom is -0.477 e. The predicted molar refractivity (Wildman–Crippen MR) is 71.4 cm³/mol. The lowest BCUT2D eigenvalue weighted by Crippen LogP contribution is -2.31.